The highest BCUT2D eigenvalue weighted by molar-refractivity contribution is 5.80. The van der Waals surface area contributed by atoms with Crippen LogP contribution in [0, 0.1) is 13.8 Å². The number of pyridine rings is 1. The number of hydrogen-bond donors (Lipinski definition) is 1. The molecule has 1 fully saturated rings. The van der Waals surface area contributed by atoms with Crippen LogP contribution < -0.4 is 5.56 Å². The molecule has 0 saturated carbocycles. The van der Waals surface area contributed by atoms with Crippen LogP contribution in [0.15, 0.2) is 23.0 Å². The van der Waals surface area contributed by atoms with Crippen molar-refractivity contribution >= 4 is 10.9 Å². The van der Waals surface area contributed by atoms with Crippen LogP contribution >= 0.6 is 0 Å². The van der Waals surface area contributed by atoms with Crippen LogP contribution in [0.1, 0.15) is 88.4 Å². The Bertz CT molecular complexity index is 1210. The number of nitrogens with zero attached hydrogens (tertiary/aromatic N) is 5. The van der Waals surface area contributed by atoms with Gasteiger partial charge in [0.15, 0.2) is 5.82 Å². The number of aromatic amines is 1. The van der Waals surface area contributed by atoms with E-state index in [-0.39, 0.29) is 23.2 Å². The molecular formula is C27H40N6O2. The highest BCUT2D eigenvalue weighted by Crippen LogP contribution is 2.31. The van der Waals surface area contributed by atoms with Crippen LogP contribution in [0.5, 0.6) is 0 Å². The minimum absolute atomic E-state index is 0.0140. The molecule has 0 spiro atoms. The summed E-state index contributed by atoms with van der Waals surface area (Å²) in [5.74, 6) is 0.861. The predicted molar refractivity (Wildman–Crippen MR) is 139 cm³/mol. The van der Waals surface area contributed by atoms with Crippen molar-refractivity contribution in [3.63, 3.8) is 0 Å². The van der Waals surface area contributed by atoms with Crippen molar-refractivity contribution in [2.45, 2.75) is 97.9 Å². The van der Waals surface area contributed by atoms with Crippen molar-refractivity contribution in [1.29, 1.82) is 0 Å². The number of tetrazole rings is 1. The Morgan fingerprint density at radius 1 is 1.23 bits per heavy atom. The molecule has 4 rings (SSSR count). The van der Waals surface area contributed by atoms with Gasteiger partial charge in [-0.25, -0.2) is 4.68 Å². The molecule has 3 aromatic rings. The first-order valence-electron chi connectivity index (χ1n) is 13.0. The molecule has 2 aromatic heterocycles. The van der Waals surface area contributed by atoms with E-state index in [1.54, 1.807) is 0 Å². The number of fused-ring (bicyclic) bond motifs is 1. The van der Waals surface area contributed by atoms with E-state index in [9.17, 15) is 4.79 Å². The Labute approximate surface area is 208 Å². The van der Waals surface area contributed by atoms with Gasteiger partial charge in [0.25, 0.3) is 5.56 Å². The van der Waals surface area contributed by atoms with Gasteiger partial charge in [0.1, 0.15) is 0 Å². The zero-order valence-corrected chi connectivity index (χ0v) is 22.1. The maximum atomic E-state index is 13.2. The molecular weight excluding hydrogens is 440 g/mol. The van der Waals surface area contributed by atoms with Crippen molar-refractivity contribution in [2.75, 3.05) is 13.2 Å². The van der Waals surface area contributed by atoms with Crippen LogP contribution in [0.3, 0.4) is 0 Å². The number of aromatic nitrogens is 5. The van der Waals surface area contributed by atoms with Gasteiger partial charge in [0.05, 0.1) is 17.7 Å². The molecule has 0 radical (unpaired) electrons. The van der Waals surface area contributed by atoms with Gasteiger partial charge in [-0.2, -0.15) is 0 Å². The lowest BCUT2D eigenvalue weighted by Gasteiger charge is -2.34. The molecule has 0 bridgehead atoms. The van der Waals surface area contributed by atoms with E-state index < -0.39 is 0 Å². The first-order chi connectivity index (χ1) is 16.7. The number of hydrogen-bond acceptors (Lipinski definition) is 6. The van der Waals surface area contributed by atoms with E-state index in [1.165, 1.54) is 11.1 Å². The third kappa shape index (κ3) is 5.48. The summed E-state index contributed by atoms with van der Waals surface area (Å²) in [4.78, 5) is 18.7. The van der Waals surface area contributed by atoms with Crippen molar-refractivity contribution < 1.29 is 4.74 Å². The maximum absolute atomic E-state index is 13.2. The Hall–Kier alpha value is -2.58. The largest absolute Gasteiger partial charge is 0.377 e. The monoisotopic (exact) mass is 480 g/mol. The normalized spacial score (nSPS) is 17.5. The summed E-state index contributed by atoms with van der Waals surface area (Å²) in [6.07, 6.45) is 5.07. The average molecular weight is 481 g/mol. The lowest BCUT2D eigenvalue weighted by atomic mass is 10.00. The minimum Gasteiger partial charge on any atom is -0.377 e. The number of aryl methyl sites for hydroxylation is 2. The predicted octanol–water partition coefficient (Wildman–Crippen LogP) is 4.80. The summed E-state index contributed by atoms with van der Waals surface area (Å²) < 4.78 is 8.01. The van der Waals surface area contributed by atoms with Crippen LogP contribution in [0.2, 0.25) is 0 Å². The molecule has 3 heterocycles. The van der Waals surface area contributed by atoms with E-state index >= 15 is 0 Å². The van der Waals surface area contributed by atoms with E-state index in [1.807, 2.05) is 10.7 Å². The van der Waals surface area contributed by atoms with Crippen molar-refractivity contribution in [3.05, 3.63) is 51.1 Å². The second-order valence-electron chi connectivity index (χ2n) is 10.6. The highest BCUT2D eigenvalue weighted by atomic mass is 16.5. The fourth-order valence-corrected chi connectivity index (χ4v) is 4.94. The molecule has 0 aliphatic carbocycles. The Morgan fingerprint density at radius 3 is 2.69 bits per heavy atom. The second-order valence-corrected chi connectivity index (χ2v) is 10.6. The maximum Gasteiger partial charge on any atom is 0.252 e. The van der Waals surface area contributed by atoms with Gasteiger partial charge in [0, 0.05) is 30.8 Å². The SMILES string of the molecule is CCC[C@@H](c1nnnn1C(C)(C)CC)N(Cc1cc2cc(C)c(C)cc2[nH]c1=O)C[C@@H]1CCCO1. The lowest BCUT2D eigenvalue weighted by molar-refractivity contribution is 0.0462. The fourth-order valence-electron chi connectivity index (χ4n) is 4.94. The molecule has 1 saturated heterocycles. The van der Waals surface area contributed by atoms with Crippen molar-refractivity contribution in [1.82, 2.24) is 30.1 Å². The molecule has 8 nitrogen and oxygen atoms in total. The van der Waals surface area contributed by atoms with Gasteiger partial charge in [-0.1, -0.05) is 20.3 Å². The first kappa shape index (κ1) is 25.5. The second kappa shape index (κ2) is 10.6. The summed E-state index contributed by atoms with van der Waals surface area (Å²) >= 11 is 0. The van der Waals surface area contributed by atoms with Crippen LogP contribution in [0.25, 0.3) is 10.9 Å². The minimum atomic E-state index is -0.198. The molecule has 8 heteroatoms. The van der Waals surface area contributed by atoms with Crippen LogP contribution in [-0.2, 0) is 16.8 Å². The summed E-state index contributed by atoms with van der Waals surface area (Å²) in [6.45, 7) is 14.9. The van der Waals surface area contributed by atoms with Crippen molar-refractivity contribution in [2.24, 2.45) is 0 Å². The van der Waals surface area contributed by atoms with Crippen LogP contribution in [0.4, 0.5) is 0 Å². The van der Waals surface area contributed by atoms with E-state index in [4.69, 9.17) is 4.74 Å². The van der Waals surface area contributed by atoms with Gasteiger partial charge >= 0.3 is 0 Å². The summed E-state index contributed by atoms with van der Waals surface area (Å²) in [7, 11) is 0. The number of rotatable bonds is 10. The zero-order valence-electron chi connectivity index (χ0n) is 22.1. The summed E-state index contributed by atoms with van der Waals surface area (Å²) in [6, 6.07) is 6.24. The zero-order chi connectivity index (χ0) is 25.2. The molecule has 190 valence electrons. The van der Waals surface area contributed by atoms with E-state index in [0.717, 1.165) is 67.5 Å². The topological polar surface area (TPSA) is 88.9 Å². The molecule has 1 N–H and O–H groups in total. The van der Waals surface area contributed by atoms with E-state index in [2.05, 4.69) is 79.1 Å². The van der Waals surface area contributed by atoms with Gasteiger partial charge in [-0.15, -0.1) is 5.10 Å². The molecule has 0 unspecified atom stereocenters. The highest BCUT2D eigenvalue weighted by Gasteiger charge is 2.33. The Balaban J connectivity index is 1.75. The van der Waals surface area contributed by atoms with E-state index in [0.29, 0.717) is 6.54 Å². The fraction of sp³-hybridized carbons (Fsp3) is 0.630. The number of ether oxygens (including phenoxy) is 1. The Kier molecular flexibility index (Phi) is 7.71. The third-order valence-corrected chi connectivity index (χ3v) is 7.60. The molecule has 1 aliphatic heterocycles. The molecule has 35 heavy (non-hydrogen) atoms. The van der Waals surface area contributed by atoms with Crippen molar-refractivity contribution in [3.8, 4) is 0 Å². The number of benzene rings is 1. The standard InChI is InChI=1S/C27H40N6O2/c1-7-10-24(25-29-30-31-33(25)27(5,6)8-2)32(17-22-11-9-12-35-22)16-21-15-20-13-18(3)19(4)14-23(20)28-26(21)34/h13-15,22,24H,7-12,16-17H2,1-6H3,(H,28,34)/t22-,24-/m0/s1. The third-order valence-electron chi connectivity index (χ3n) is 7.60. The van der Waals surface area contributed by atoms with Gasteiger partial charge in [0.2, 0.25) is 0 Å². The quantitative estimate of drug-likeness (QED) is 0.448. The number of H-pyrrole nitrogens is 1. The average Bonchev–Trinajstić information content (AvgIpc) is 3.51. The summed E-state index contributed by atoms with van der Waals surface area (Å²) in [5.41, 5.74) is 3.79. The van der Waals surface area contributed by atoms with Gasteiger partial charge in [-0.3, -0.25) is 9.69 Å². The molecule has 0 amide bonds. The van der Waals surface area contributed by atoms with Gasteiger partial charge in [-0.05, 0) is 98.5 Å². The molecule has 1 aromatic carbocycles. The smallest absolute Gasteiger partial charge is 0.252 e. The first-order valence-corrected chi connectivity index (χ1v) is 13.0. The Morgan fingerprint density at radius 2 is 2.00 bits per heavy atom. The lowest BCUT2D eigenvalue weighted by Crippen LogP contribution is -2.39. The van der Waals surface area contributed by atoms with Gasteiger partial charge < -0.3 is 9.72 Å². The summed E-state index contributed by atoms with van der Waals surface area (Å²) in [5, 5.41) is 14.0. The van der Waals surface area contributed by atoms with Crippen LogP contribution in [-0.4, -0.2) is 49.3 Å². The molecule has 1 aliphatic rings. The molecule has 2 atom stereocenters. The number of nitrogens with one attached hydrogen (secondary N) is 1.